The highest BCUT2D eigenvalue weighted by molar-refractivity contribution is 6.01. The Kier molecular flexibility index (Phi) is 4.00. The number of furan rings is 1. The van der Waals surface area contributed by atoms with Crippen LogP contribution in [-0.2, 0) is 6.42 Å². The van der Waals surface area contributed by atoms with Crippen LogP contribution in [0, 0.1) is 10.1 Å². The number of aromatic nitrogens is 2. The van der Waals surface area contributed by atoms with Gasteiger partial charge < -0.3 is 4.42 Å². The molecule has 0 aliphatic rings. The van der Waals surface area contributed by atoms with Crippen molar-refractivity contribution in [3.63, 3.8) is 0 Å². The first-order valence-corrected chi connectivity index (χ1v) is 7.52. The average molecular weight is 299 g/mol. The Morgan fingerprint density at radius 1 is 1.14 bits per heavy atom. The van der Waals surface area contributed by atoms with Crippen LogP contribution >= 0.6 is 0 Å². The van der Waals surface area contributed by atoms with Gasteiger partial charge in [-0.15, -0.1) is 10.2 Å². The molecule has 0 spiro atoms. The van der Waals surface area contributed by atoms with Gasteiger partial charge in [-0.1, -0.05) is 26.2 Å². The van der Waals surface area contributed by atoms with E-state index in [0.717, 1.165) is 18.6 Å². The molecule has 0 aliphatic heterocycles. The fourth-order valence-corrected chi connectivity index (χ4v) is 2.56. The van der Waals surface area contributed by atoms with E-state index < -0.39 is 4.92 Å². The van der Waals surface area contributed by atoms with Gasteiger partial charge >= 0.3 is 0 Å². The zero-order chi connectivity index (χ0) is 15.5. The number of hydrogen-bond donors (Lipinski definition) is 0. The Hall–Kier alpha value is -2.50. The van der Waals surface area contributed by atoms with Crippen molar-refractivity contribution in [2.24, 2.45) is 0 Å². The van der Waals surface area contributed by atoms with E-state index in [2.05, 4.69) is 17.1 Å². The second kappa shape index (κ2) is 6.09. The van der Waals surface area contributed by atoms with E-state index in [1.807, 2.05) is 6.07 Å². The Labute approximate surface area is 127 Å². The molecule has 0 unspecified atom stereocenters. The number of fused-ring (bicyclic) bond motifs is 3. The standard InChI is InChI=1S/C16H17N3O3/c1-2-3-4-5-6-12-10-15-16(22-12)13-9-11(19(20)21)7-8-14(13)17-18-15/h7-10H,2-6H2,1H3. The summed E-state index contributed by atoms with van der Waals surface area (Å²) in [5.41, 5.74) is 1.87. The van der Waals surface area contributed by atoms with Crippen LogP contribution in [0.5, 0.6) is 0 Å². The Morgan fingerprint density at radius 2 is 1.95 bits per heavy atom. The van der Waals surface area contributed by atoms with Gasteiger partial charge in [0.25, 0.3) is 5.69 Å². The van der Waals surface area contributed by atoms with Crippen LogP contribution in [0.1, 0.15) is 38.4 Å². The molecule has 2 aromatic heterocycles. The molecule has 6 heteroatoms. The van der Waals surface area contributed by atoms with Gasteiger partial charge in [0, 0.05) is 24.6 Å². The van der Waals surface area contributed by atoms with Crippen LogP contribution in [0.15, 0.2) is 28.7 Å². The number of non-ortho nitro benzene ring substituents is 1. The van der Waals surface area contributed by atoms with Gasteiger partial charge in [0.1, 0.15) is 11.3 Å². The van der Waals surface area contributed by atoms with Crippen molar-refractivity contribution in [2.45, 2.75) is 39.0 Å². The predicted octanol–water partition coefficient (Wildman–Crippen LogP) is 4.41. The van der Waals surface area contributed by atoms with Crippen LogP contribution in [-0.4, -0.2) is 15.1 Å². The summed E-state index contributed by atoms with van der Waals surface area (Å²) in [6.45, 7) is 2.18. The largest absolute Gasteiger partial charge is 0.459 e. The molecule has 0 bridgehead atoms. The lowest BCUT2D eigenvalue weighted by molar-refractivity contribution is -0.384. The lowest BCUT2D eigenvalue weighted by Gasteiger charge is -1.98. The summed E-state index contributed by atoms with van der Waals surface area (Å²) in [4.78, 5) is 10.5. The van der Waals surface area contributed by atoms with Crippen molar-refractivity contribution in [1.82, 2.24) is 10.2 Å². The van der Waals surface area contributed by atoms with Crippen LogP contribution in [0.4, 0.5) is 5.69 Å². The van der Waals surface area contributed by atoms with Crippen molar-refractivity contribution in [3.8, 4) is 0 Å². The highest BCUT2D eigenvalue weighted by atomic mass is 16.6. The number of benzene rings is 1. The van der Waals surface area contributed by atoms with E-state index in [1.54, 1.807) is 6.07 Å². The molecule has 0 saturated heterocycles. The second-order valence-corrected chi connectivity index (χ2v) is 5.40. The first kappa shape index (κ1) is 14.4. The van der Waals surface area contributed by atoms with Crippen molar-refractivity contribution < 1.29 is 9.34 Å². The summed E-state index contributed by atoms with van der Waals surface area (Å²) in [7, 11) is 0. The van der Waals surface area contributed by atoms with Crippen molar-refractivity contribution in [2.75, 3.05) is 0 Å². The number of nitro benzene ring substituents is 1. The Balaban J connectivity index is 1.97. The third-order valence-corrected chi connectivity index (χ3v) is 3.74. The highest BCUT2D eigenvalue weighted by Crippen LogP contribution is 2.28. The Morgan fingerprint density at radius 3 is 2.73 bits per heavy atom. The predicted molar refractivity (Wildman–Crippen MR) is 83.8 cm³/mol. The molecule has 0 N–H and O–H groups in total. The maximum Gasteiger partial charge on any atom is 0.270 e. The number of rotatable bonds is 6. The van der Waals surface area contributed by atoms with Gasteiger partial charge in [0.2, 0.25) is 0 Å². The summed E-state index contributed by atoms with van der Waals surface area (Å²) in [6, 6.07) is 6.41. The molecule has 114 valence electrons. The van der Waals surface area contributed by atoms with E-state index in [4.69, 9.17) is 4.42 Å². The van der Waals surface area contributed by atoms with Crippen LogP contribution in [0.2, 0.25) is 0 Å². The summed E-state index contributed by atoms with van der Waals surface area (Å²) in [6.07, 6.45) is 5.51. The molecule has 6 nitrogen and oxygen atoms in total. The molecular weight excluding hydrogens is 282 g/mol. The fraction of sp³-hybridized carbons (Fsp3) is 0.375. The van der Waals surface area contributed by atoms with Crippen LogP contribution in [0.3, 0.4) is 0 Å². The summed E-state index contributed by atoms with van der Waals surface area (Å²) in [5.74, 6) is 0.861. The molecule has 0 fully saturated rings. The topological polar surface area (TPSA) is 82.1 Å². The third kappa shape index (κ3) is 2.77. The van der Waals surface area contributed by atoms with E-state index in [9.17, 15) is 10.1 Å². The molecule has 0 saturated carbocycles. The lowest BCUT2D eigenvalue weighted by Crippen LogP contribution is -1.89. The summed E-state index contributed by atoms with van der Waals surface area (Å²) < 4.78 is 5.87. The Bertz CT molecular complexity index is 826. The number of nitrogens with zero attached hydrogens (tertiary/aromatic N) is 3. The van der Waals surface area contributed by atoms with Gasteiger partial charge in [-0.2, -0.15) is 0 Å². The second-order valence-electron chi connectivity index (χ2n) is 5.40. The molecule has 0 aliphatic carbocycles. The monoisotopic (exact) mass is 299 g/mol. The van der Waals surface area contributed by atoms with E-state index in [0.29, 0.717) is 22.0 Å². The number of aryl methyl sites for hydroxylation is 1. The van der Waals surface area contributed by atoms with E-state index >= 15 is 0 Å². The number of unbranched alkanes of at least 4 members (excludes halogenated alkanes) is 3. The number of hydrogen-bond acceptors (Lipinski definition) is 5. The molecule has 22 heavy (non-hydrogen) atoms. The first-order chi connectivity index (χ1) is 10.7. The smallest absolute Gasteiger partial charge is 0.270 e. The average Bonchev–Trinajstić information content (AvgIpc) is 2.94. The first-order valence-electron chi connectivity index (χ1n) is 7.52. The number of nitro groups is 1. The molecule has 3 aromatic rings. The van der Waals surface area contributed by atoms with Gasteiger partial charge in [-0.25, -0.2) is 0 Å². The highest BCUT2D eigenvalue weighted by Gasteiger charge is 2.14. The maximum absolute atomic E-state index is 10.9. The molecule has 3 rings (SSSR count). The summed E-state index contributed by atoms with van der Waals surface area (Å²) in [5, 5.41) is 19.8. The van der Waals surface area contributed by atoms with Crippen molar-refractivity contribution >= 4 is 27.7 Å². The maximum atomic E-state index is 10.9. The molecule has 0 amide bonds. The third-order valence-electron chi connectivity index (χ3n) is 3.74. The van der Waals surface area contributed by atoms with Crippen LogP contribution < -0.4 is 0 Å². The minimum Gasteiger partial charge on any atom is -0.459 e. The molecule has 1 aromatic carbocycles. The summed E-state index contributed by atoms with van der Waals surface area (Å²) >= 11 is 0. The molecule has 0 atom stereocenters. The van der Waals surface area contributed by atoms with Gasteiger partial charge in [-0.3, -0.25) is 10.1 Å². The quantitative estimate of drug-likeness (QED) is 0.382. The zero-order valence-electron chi connectivity index (χ0n) is 12.4. The molecule has 2 heterocycles. The van der Waals surface area contributed by atoms with Gasteiger partial charge in [-0.05, 0) is 12.5 Å². The van der Waals surface area contributed by atoms with Crippen LogP contribution in [0.25, 0.3) is 22.0 Å². The minimum atomic E-state index is -0.416. The molecule has 0 radical (unpaired) electrons. The van der Waals surface area contributed by atoms with Gasteiger partial charge in [0.05, 0.1) is 15.8 Å². The zero-order valence-corrected chi connectivity index (χ0v) is 12.4. The normalized spacial score (nSPS) is 11.3. The van der Waals surface area contributed by atoms with Crippen molar-refractivity contribution in [1.29, 1.82) is 0 Å². The van der Waals surface area contributed by atoms with Crippen molar-refractivity contribution in [3.05, 3.63) is 40.1 Å². The molecular formula is C16H17N3O3. The minimum absolute atomic E-state index is 0.0303. The van der Waals surface area contributed by atoms with Gasteiger partial charge in [0.15, 0.2) is 5.58 Å². The van der Waals surface area contributed by atoms with E-state index in [1.165, 1.54) is 31.4 Å². The SMILES string of the molecule is CCCCCCc1cc2nnc3ccc([N+](=O)[O-])cc3c2o1. The lowest BCUT2D eigenvalue weighted by atomic mass is 10.1. The fourth-order valence-electron chi connectivity index (χ4n) is 2.56. The van der Waals surface area contributed by atoms with E-state index in [-0.39, 0.29) is 5.69 Å².